The average molecular weight is 500 g/mol. The van der Waals surface area contributed by atoms with Crippen molar-refractivity contribution in [1.82, 2.24) is 4.90 Å². The Hall–Kier alpha value is -2.78. The van der Waals surface area contributed by atoms with Crippen LogP contribution in [0.3, 0.4) is 0 Å². The Morgan fingerprint density at radius 3 is 2.56 bits per heavy atom. The molecule has 1 atom stereocenters. The van der Waals surface area contributed by atoms with Gasteiger partial charge in [-0.05, 0) is 49.1 Å². The van der Waals surface area contributed by atoms with Gasteiger partial charge in [-0.2, -0.15) is 0 Å². The fourth-order valence-electron chi connectivity index (χ4n) is 3.94. The van der Waals surface area contributed by atoms with Gasteiger partial charge in [0.25, 0.3) is 10.0 Å². The predicted molar refractivity (Wildman–Crippen MR) is 136 cm³/mol. The molecule has 0 amide bonds. The third-order valence-electron chi connectivity index (χ3n) is 5.56. The number of nitrogens with zero attached hydrogens (tertiary/aromatic N) is 2. The molecule has 2 aromatic rings. The van der Waals surface area contributed by atoms with Crippen LogP contribution in [-0.4, -0.2) is 43.4 Å². The highest BCUT2D eigenvalue weighted by Crippen LogP contribution is 2.40. The molecule has 0 aromatic heterocycles. The Morgan fingerprint density at radius 1 is 1.18 bits per heavy atom. The zero-order chi connectivity index (χ0) is 24.3. The van der Waals surface area contributed by atoms with Gasteiger partial charge in [-0.15, -0.1) is 0 Å². The molecule has 2 heterocycles. The topological polar surface area (TPSA) is 88.1 Å². The molecule has 0 radical (unpaired) electrons. The molecular formula is C25H29N3O4S2. The molecule has 180 valence electrons. The van der Waals surface area contributed by atoms with Crippen LogP contribution in [0, 0.1) is 5.92 Å². The van der Waals surface area contributed by atoms with E-state index in [0.717, 1.165) is 29.4 Å². The number of fused-ring (bicyclic) bond motifs is 1. The quantitative estimate of drug-likeness (QED) is 0.550. The summed E-state index contributed by atoms with van der Waals surface area (Å²) >= 11 is 1.69. The molecule has 0 saturated carbocycles. The first-order valence-electron chi connectivity index (χ1n) is 11.3. The number of amidine groups is 1. The second-order valence-corrected chi connectivity index (χ2v) is 11.5. The number of thioether (sulfide) groups is 1. The molecule has 1 unspecified atom stereocenters. The number of esters is 1. The smallest absolute Gasteiger partial charge is 0.338 e. The molecular weight excluding hydrogens is 470 g/mol. The molecule has 1 saturated heterocycles. The van der Waals surface area contributed by atoms with Gasteiger partial charge in [-0.25, -0.2) is 18.2 Å². The standard InChI is InChI=1S/C25H29N3O4S2/c1-17(2)16-32-24(29)22-18(3)26-25-28(14-7-15-33-25)23(22)19-10-12-20(13-11-19)27-34(30,31)21-8-5-4-6-9-21/h4-6,8-13,17,23,27H,7,14-16H2,1-3H3. The number of anilines is 1. The lowest BCUT2D eigenvalue weighted by molar-refractivity contribution is -0.140. The van der Waals surface area contributed by atoms with E-state index in [1.54, 1.807) is 54.2 Å². The first kappa shape index (κ1) is 24.3. The number of hydrogen-bond donors (Lipinski definition) is 1. The van der Waals surface area contributed by atoms with E-state index in [9.17, 15) is 13.2 Å². The number of hydrogen-bond acceptors (Lipinski definition) is 7. The van der Waals surface area contributed by atoms with Gasteiger partial charge in [-0.3, -0.25) is 4.72 Å². The summed E-state index contributed by atoms with van der Waals surface area (Å²) in [5.74, 6) is 0.861. The van der Waals surface area contributed by atoms with Gasteiger partial charge in [0.15, 0.2) is 5.17 Å². The fraction of sp³-hybridized carbons (Fsp3) is 0.360. The molecule has 2 aliphatic rings. The normalized spacial score (nSPS) is 18.4. The SMILES string of the molecule is CC1=C(C(=O)OCC(C)C)C(c2ccc(NS(=O)(=O)c3ccccc3)cc2)N2CCCSC2=N1. The number of ether oxygens (including phenoxy) is 1. The largest absolute Gasteiger partial charge is 0.462 e. The summed E-state index contributed by atoms with van der Waals surface area (Å²) in [6, 6.07) is 15.1. The van der Waals surface area contributed by atoms with Crippen molar-refractivity contribution in [2.75, 3.05) is 23.6 Å². The van der Waals surface area contributed by atoms with E-state index in [-0.39, 0.29) is 22.8 Å². The van der Waals surface area contributed by atoms with Crippen LogP contribution in [0.2, 0.25) is 0 Å². The number of carbonyl (C=O) groups is 1. The van der Waals surface area contributed by atoms with Gasteiger partial charge in [0.05, 0.1) is 28.8 Å². The summed E-state index contributed by atoms with van der Waals surface area (Å²) in [5, 5.41) is 0.906. The van der Waals surface area contributed by atoms with Crippen LogP contribution < -0.4 is 4.72 Å². The average Bonchev–Trinajstić information content (AvgIpc) is 2.82. The van der Waals surface area contributed by atoms with E-state index in [2.05, 4.69) is 9.62 Å². The minimum absolute atomic E-state index is 0.200. The zero-order valence-corrected chi connectivity index (χ0v) is 21.2. The second-order valence-electron chi connectivity index (χ2n) is 8.72. The Bertz CT molecular complexity index is 1210. The highest BCUT2D eigenvalue weighted by molar-refractivity contribution is 8.13. The number of rotatable bonds is 7. The van der Waals surface area contributed by atoms with Crippen molar-refractivity contribution in [3.05, 3.63) is 71.4 Å². The lowest BCUT2D eigenvalue weighted by Crippen LogP contribution is -2.42. The fourth-order valence-corrected chi connectivity index (χ4v) is 6.04. The molecule has 7 nitrogen and oxygen atoms in total. The van der Waals surface area contributed by atoms with Crippen molar-refractivity contribution in [1.29, 1.82) is 0 Å². The maximum absolute atomic E-state index is 13.1. The van der Waals surface area contributed by atoms with Gasteiger partial charge in [0, 0.05) is 18.0 Å². The molecule has 2 aliphatic heterocycles. The Labute approximate surface area is 205 Å². The molecule has 0 aliphatic carbocycles. The minimum Gasteiger partial charge on any atom is -0.462 e. The lowest BCUT2D eigenvalue weighted by Gasteiger charge is -2.40. The zero-order valence-electron chi connectivity index (χ0n) is 19.5. The molecule has 1 N–H and O–H groups in total. The number of carbonyl (C=O) groups excluding carboxylic acids is 1. The van der Waals surface area contributed by atoms with Crippen molar-refractivity contribution in [2.45, 2.75) is 38.1 Å². The van der Waals surface area contributed by atoms with Crippen LogP contribution in [0.1, 0.15) is 38.8 Å². The van der Waals surface area contributed by atoms with Crippen molar-refractivity contribution >= 4 is 38.6 Å². The van der Waals surface area contributed by atoms with Gasteiger partial charge in [0.2, 0.25) is 0 Å². The molecule has 0 spiro atoms. The number of allylic oxidation sites excluding steroid dienone is 1. The third-order valence-corrected chi connectivity index (χ3v) is 8.03. The number of aliphatic imine (C=N–C) groups is 1. The van der Waals surface area contributed by atoms with Crippen LogP contribution in [0.5, 0.6) is 0 Å². The van der Waals surface area contributed by atoms with Gasteiger partial charge in [-0.1, -0.05) is 55.9 Å². The minimum atomic E-state index is -3.68. The van der Waals surface area contributed by atoms with Crippen LogP contribution >= 0.6 is 11.8 Å². The van der Waals surface area contributed by atoms with E-state index in [4.69, 9.17) is 9.73 Å². The van der Waals surface area contributed by atoms with Gasteiger partial charge < -0.3 is 9.64 Å². The summed E-state index contributed by atoms with van der Waals surface area (Å²) in [7, 11) is -3.68. The van der Waals surface area contributed by atoms with E-state index in [1.807, 2.05) is 32.9 Å². The molecule has 4 rings (SSSR count). The summed E-state index contributed by atoms with van der Waals surface area (Å²) in [6.45, 7) is 6.97. The molecule has 34 heavy (non-hydrogen) atoms. The molecule has 9 heteroatoms. The lowest BCUT2D eigenvalue weighted by atomic mass is 9.94. The maximum Gasteiger partial charge on any atom is 0.338 e. The summed E-state index contributed by atoms with van der Waals surface area (Å²) < 4.78 is 33.6. The van der Waals surface area contributed by atoms with Crippen LogP contribution in [0.4, 0.5) is 5.69 Å². The predicted octanol–water partition coefficient (Wildman–Crippen LogP) is 4.81. The summed E-state index contributed by atoms with van der Waals surface area (Å²) in [6.07, 6.45) is 0.989. The van der Waals surface area contributed by atoms with Crippen molar-refractivity contribution < 1.29 is 17.9 Å². The Kier molecular flexibility index (Phi) is 7.33. The first-order valence-corrected chi connectivity index (χ1v) is 13.8. The molecule has 2 aromatic carbocycles. The van der Waals surface area contributed by atoms with E-state index in [0.29, 0.717) is 23.6 Å². The summed E-state index contributed by atoms with van der Waals surface area (Å²) in [4.78, 5) is 20.2. The van der Waals surface area contributed by atoms with E-state index in [1.165, 1.54) is 0 Å². The highest BCUT2D eigenvalue weighted by Gasteiger charge is 2.38. The highest BCUT2D eigenvalue weighted by atomic mass is 32.2. The summed E-state index contributed by atoms with van der Waals surface area (Å²) in [5.41, 5.74) is 2.53. The van der Waals surface area contributed by atoms with Crippen LogP contribution in [-0.2, 0) is 19.6 Å². The van der Waals surface area contributed by atoms with Gasteiger partial charge >= 0.3 is 5.97 Å². The Balaban J connectivity index is 1.63. The number of nitrogens with one attached hydrogen (secondary N) is 1. The first-order chi connectivity index (χ1) is 16.3. The molecule has 0 bridgehead atoms. The van der Waals surface area contributed by atoms with E-state index >= 15 is 0 Å². The Morgan fingerprint density at radius 2 is 1.88 bits per heavy atom. The third kappa shape index (κ3) is 5.31. The van der Waals surface area contributed by atoms with Crippen LogP contribution in [0.15, 0.2) is 75.8 Å². The van der Waals surface area contributed by atoms with Crippen molar-refractivity contribution in [3.63, 3.8) is 0 Å². The van der Waals surface area contributed by atoms with Gasteiger partial charge in [0.1, 0.15) is 0 Å². The number of benzene rings is 2. The monoisotopic (exact) mass is 499 g/mol. The second kappa shape index (κ2) is 10.2. The van der Waals surface area contributed by atoms with E-state index < -0.39 is 10.0 Å². The van der Waals surface area contributed by atoms with Crippen molar-refractivity contribution in [3.8, 4) is 0 Å². The maximum atomic E-state index is 13.1. The number of sulfonamides is 1. The van der Waals surface area contributed by atoms with Crippen molar-refractivity contribution in [2.24, 2.45) is 10.9 Å². The van der Waals surface area contributed by atoms with Crippen LogP contribution in [0.25, 0.3) is 0 Å². The molecule has 1 fully saturated rings.